The molecule has 29 heavy (non-hydrogen) atoms. The SMILES string of the molecule is CCCCCCCCNCc1cc(Cl)c(OCc2ccc(F)cc2)c(OC)c1.Cl. The molecule has 2 aromatic rings. The van der Waals surface area contributed by atoms with Gasteiger partial charge in [-0.1, -0.05) is 62.8 Å². The second-order valence-corrected chi connectivity index (χ2v) is 7.38. The van der Waals surface area contributed by atoms with Gasteiger partial charge in [0.2, 0.25) is 0 Å². The summed E-state index contributed by atoms with van der Waals surface area (Å²) in [4.78, 5) is 0. The molecule has 0 aliphatic rings. The number of ether oxygens (including phenoxy) is 2. The Bertz CT molecular complexity index is 711. The monoisotopic (exact) mass is 443 g/mol. The number of hydrogen-bond donors (Lipinski definition) is 1. The molecule has 1 N–H and O–H groups in total. The Hall–Kier alpha value is -1.49. The van der Waals surface area contributed by atoms with Crippen LogP contribution in [0.1, 0.15) is 56.6 Å². The largest absolute Gasteiger partial charge is 0.493 e. The van der Waals surface area contributed by atoms with Gasteiger partial charge < -0.3 is 14.8 Å². The van der Waals surface area contributed by atoms with Crippen molar-refractivity contribution in [3.63, 3.8) is 0 Å². The number of hydrogen-bond acceptors (Lipinski definition) is 3. The highest BCUT2D eigenvalue weighted by Crippen LogP contribution is 2.37. The lowest BCUT2D eigenvalue weighted by Gasteiger charge is -2.15. The lowest BCUT2D eigenvalue weighted by atomic mass is 10.1. The number of rotatable bonds is 13. The van der Waals surface area contributed by atoms with E-state index in [1.54, 1.807) is 19.2 Å². The lowest BCUT2D eigenvalue weighted by Crippen LogP contribution is -2.14. The summed E-state index contributed by atoms with van der Waals surface area (Å²) in [7, 11) is 1.60. The van der Waals surface area contributed by atoms with Crippen molar-refractivity contribution in [3.05, 3.63) is 58.4 Å². The molecular formula is C23H32Cl2FNO2. The second kappa shape index (κ2) is 14.5. The van der Waals surface area contributed by atoms with Crippen LogP contribution in [0, 0.1) is 5.82 Å². The zero-order valence-electron chi connectivity index (χ0n) is 17.3. The predicted molar refractivity (Wildman–Crippen MR) is 121 cm³/mol. The zero-order valence-corrected chi connectivity index (χ0v) is 18.9. The molecule has 0 fully saturated rings. The molecule has 6 heteroatoms. The summed E-state index contributed by atoms with van der Waals surface area (Å²) in [6.45, 7) is 4.27. The Morgan fingerprint density at radius 1 is 0.966 bits per heavy atom. The van der Waals surface area contributed by atoms with Crippen LogP contribution in [-0.4, -0.2) is 13.7 Å². The molecule has 0 aromatic heterocycles. The van der Waals surface area contributed by atoms with Crippen LogP contribution in [0.15, 0.2) is 36.4 Å². The summed E-state index contributed by atoms with van der Waals surface area (Å²) in [5.41, 5.74) is 1.92. The molecule has 2 aromatic carbocycles. The fourth-order valence-corrected chi connectivity index (χ4v) is 3.30. The van der Waals surface area contributed by atoms with Crippen molar-refractivity contribution in [2.45, 2.75) is 58.6 Å². The predicted octanol–water partition coefficient (Wildman–Crippen LogP) is 6.94. The van der Waals surface area contributed by atoms with E-state index in [1.807, 2.05) is 12.1 Å². The van der Waals surface area contributed by atoms with E-state index in [0.29, 0.717) is 23.1 Å². The Labute approximate surface area is 185 Å². The van der Waals surface area contributed by atoms with Gasteiger partial charge in [-0.25, -0.2) is 4.39 Å². The van der Waals surface area contributed by atoms with E-state index in [0.717, 1.165) is 24.2 Å². The quantitative estimate of drug-likeness (QED) is 0.340. The first-order valence-corrected chi connectivity index (χ1v) is 10.5. The first-order valence-electron chi connectivity index (χ1n) is 10.1. The number of unbranched alkanes of at least 4 members (excludes halogenated alkanes) is 5. The van der Waals surface area contributed by atoms with Gasteiger partial charge in [0.1, 0.15) is 12.4 Å². The number of nitrogens with one attached hydrogen (secondary N) is 1. The van der Waals surface area contributed by atoms with Gasteiger partial charge >= 0.3 is 0 Å². The fraction of sp³-hybridized carbons (Fsp3) is 0.478. The third-order valence-electron chi connectivity index (χ3n) is 4.62. The average Bonchev–Trinajstić information content (AvgIpc) is 2.70. The fourth-order valence-electron chi connectivity index (χ4n) is 3.01. The molecule has 0 atom stereocenters. The van der Waals surface area contributed by atoms with Crippen molar-refractivity contribution in [1.29, 1.82) is 0 Å². The number of halogens is 3. The highest BCUT2D eigenvalue weighted by atomic mass is 35.5. The Morgan fingerprint density at radius 3 is 2.34 bits per heavy atom. The Balaban J connectivity index is 0.00000420. The van der Waals surface area contributed by atoms with E-state index >= 15 is 0 Å². The topological polar surface area (TPSA) is 30.5 Å². The summed E-state index contributed by atoms with van der Waals surface area (Å²) >= 11 is 6.42. The van der Waals surface area contributed by atoms with Crippen LogP contribution >= 0.6 is 24.0 Å². The van der Waals surface area contributed by atoms with Crippen LogP contribution in [0.4, 0.5) is 4.39 Å². The summed E-state index contributed by atoms with van der Waals surface area (Å²) in [5.74, 6) is 0.844. The summed E-state index contributed by atoms with van der Waals surface area (Å²) < 4.78 is 24.3. The van der Waals surface area contributed by atoms with E-state index in [1.165, 1.54) is 50.7 Å². The van der Waals surface area contributed by atoms with E-state index in [-0.39, 0.29) is 18.2 Å². The summed E-state index contributed by atoms with van der Waals surface area (Å²) in [6.07, 6.45) is 7.73. The maximum absolute atomic E-state index is 13.0. The minimum atomic E-state index is -0.267. The molecule has 0 amide bonds. The lowest BCUT2D eigenvalue weighted by molar-refractivity contribution is 0.284. The molecule has 0 heterocycles. The van der Waals surface area contributed by atoms with Crippen LogP contribution in [0.3, 0.4) is 0 Å². The van der Waals surface area contributed by atoms with Crippen molar-refractivity contribution < 1.29 is 13.9 Å². The number of methoxy groups -OCH3 is 1. The summed E-state index contributed by atoms with van der Waals surface area (Å²) in [5, 5.41) is 3.98. The Morgan fingerprint density at radius 2 is 1.66 bits per heavy atom. The molecule has 0 unspecified atom stereocenters. The molecule has 0 bridgehead atoms. The van der Waals surface area contributed by atoms with E-state index in [2.05, 4.69) is 12.2 Å². The molecule has 0 saturated carbocycles. The van der Waals surface area contributed by atoms with Gasteiger partial charge in [-0.05, 0) is 48.4 Å². The van der Waals surface area contributed by atoms with Crippen LogP contribution in [0.2, 0.25) is 5.02 Å². The molecule has 3 nitrogen and oxygen atoms in total. The van der Waals surface area contributed by atoms with Crippen molar-refractivity contribution >= 4 is 24.0 Å². The normalized spacial score (nSPS) is 10.5. The van der Waals surface area contributed by atoms with Crippen LogP contribution in [-0.2, 0) is 13.2 Å². The van der Waals surface area contributed by atoms with Crippen molar-refractivity contribution in [2.75, 3.05) is 13.7 Å². The molecule has 0 radical (unpaired) electrons. The smallest absolute Gasteiger partial charge is 0.180 e. The average molecular weight is 444 g/mol. The first kappa shape index (κ1) is 25.5. The standard InChI is InChI=1S/C23H31ClFNO2.ClH/c1-3-4-5-6-7-8-13-26-16-19-14-21(24)23(22(15-19)27-2)28-17-18-9-11-20(25)12-10-18;/h9-12,14-15,26H,3-8,13,16-17H2,1-2H3;1H. The van der Waals surface area contributed by atoms with Crippen molar-refractivity contribution in [2.24, 2.45) is 0 Å². The van der Waals surface area contributed by atoms with Crippen LogP contribution in [0.5, 0.6) is 11.5 Å². The van der Waals surface area contributed by atoms with Gasteiger partial charge in [0.05, 0.1) is 12.1 Å². The van der Waals surface area contributed by atoms with Gasteiger partial charge in [0, 0.05) is 6.54 Å². The van der Waals surface area contributed by atoms with Crippen LogP contribution < -0.4 is 14.8 Å². The van der Waals surface area contributed by atoms with E-state index in [4.69, 9.17) is 21.1 Å². The zero-order chi connectivity index (χ0) is 20.2. The maximum atomic E-state index is 13.0. The van der Waals surface area contributed by atoms with Crippen LogP contribution in [0.25, 0.3) is 0 Å². The first-order chi connectivity index (χ1) is 13.6. The van der Waals surface area contributed by atoms with Crippen molar-refractivity contribution in [1.82, 2.24) is 5.32 Å². The molecule has 0 aliphatic heterocycles. The summed E-state index contributed by atoms with van der Waals surface area (Å²) in [6, 6.07) is 10.1. The third kappa shape index (κ3) is 9.24. The third-order valence-corrected chi connectivity index (χ3v) is 4.90. The van der Waals surface area contributed by atoms with Gasteiger partial charge in [0.15, 0.2) is 11.5 Å². The molecule has 0 spiro atoms. The Kier molecular flexibility index (Phi) is 12.8. The van der Waals surface area contributed by atoms with Gasteiger partial charge in [-0.3, -0.25) is 0 Å². The minimum absolute atomic E-state index is 0. The van der Waals surface area contributed by atoms with E-state index < -0.39 is 0 Å². The van der Waals surface area contributed by atoms with Gasteiger partial charge in [-0.15, -0.1) is 12.4 Å². The highest BCUT2D eigenvalue weighted by molar-refractivity contribution is 6.32. The van der Waals surface area contributed by atoms with Gasteiger partial charge in [-0.2, -0.15) is 0 Å². The number of benzene rings is 2. The molecule has 0 saturated heterocycles. The van der Waals surface area contributed by atoms with Gasteiger partial charge in [0.25, 0.3) is 0 Å². The molecule has 2 rings (SSSR count). The maximum Gasteiger partial charge on any atom is 0.180 e. The second-order valence-electron chi connectivity index (χ2n) is 6.97. The van der Waals surface area contributed by atoms with Crippen molar-refractivity contribution in [3.8, 4) is 11.5 Å². The molecular weight excluding hydrogens is 412 g/mol. The minimum Gasteiger partial charge on any atom is -0.493 e. The molecule has 162 valence electrons. The van der Waals surface area contributed by atoms with E-state index in [9.17, 15) is 4.39 Å². The molecule has 0 aliphatic carbocycles. The highest BCUT2D eigenvalue weighted by Gasteiger charge is 2.12.